The number of aryl methyl sites for hydroxylation is 1. The van der Waals surface area contributed by atoms with Gasteiger partial charge in [-0.15, -0.1) is 0 Å². The third-order valence-electron chi connectivity index (χ3n) is 3.97. The van der Waals surface area contributed by atoms with Gasteiger partial charge in [0.15, 0.2) is 0 Å². The quantitative estimate of drug-likeness (QED) is 0.680. The Morgan fingerprint density at radius 3 is 2.53 bits per heavy atom. The molecular formula is C17H22. The van der Waals surface area contributed by atoms with Crippen LogP contribution in [-0.2, 0) is 5.41 Å². The first-order valence-electron chi connectivity index (χ1n) is 6.42. The number of rotatable bonds is 2. The van der Waals surface area contributed by atoms with Crippen molar-refractivity contribution in [2.75, 3.05) is 0 Å². The molecule has 0 heteroatoms. The van der Waals surface area contributed by atoms with E-state index in [-0.39, 0.29) is 5.41 Å². The fourth-order valence-electron chi connectivity index (χ4n) is 2.52. The van der Waals surface area contributed by atoms with E-state index in [1.807, 2.05) is 0 Å². The van der Waals surface area contributed by atoms with E-state index in [9.17, 15) is 0 Å². The number of hydrogen-bond acceptors (Lipinski definition) is 0. The van der Waals surface area contributed by atoms with Crippen LogP contribution in [0.3, 0.4) is 0 Å². The van der Waals surface area contributed by atoms with Crippen LogP contribution in [0, 0.1) is 12.8 Å². The van der Waals surface area contributed by atoms with Gasteiger partial charge in [0.1, 0.15) is 0 Å². The van der Waals surface area contributed by atoms with Crippen LogP contribution in [0.4, 0.5) is 0 Å². The van der Waals surface area contributed by atoms with Crippen molar-refractivity contribution < 1.29 is 0 Å². The summed E-state index contributed by atoms with van der Waals surface area (Å²) < 4.78 is 0. The summed E-state index contributed by atoms with van der Waals surface area (Å²) in [5.41, 5.74) is 4.39. The van der Waals surface area contributed by atoms with Crippen LogP contribution < -0.4 is 0 Å². The molecule has 0 N–H and O–H groups in total. The zero-order chi connectivity index (χ0) is 12.5. The summed E-state index contributed by atoms with van der Waals surface area (Å²) in [4.78, 5) is 0. The van der Waals surface area contributed by atoms with Crippen molar-refractivity contribution in [1.29, 1.82) is 0 Å². The number of allylic oxidation sites excluding steroid dienone is 4. The maximum Gasteiger partial charge on any atom is -0.00377 e. The zero-order valence-electron chi connectivity index (χ0n) is 11.3. The Morgan fingerprint density at radius 1 is 1.18 bits per heavy atom. The maximum atomic E-state index is 2.37. The van der Waals surface area contributed by atoms with Gasteiger partial charge in [-0.05, 0) is 37.2 Å². The van der Waals surface area contributed by atoms with E-state index < -0.39 is 0 Å². The van der Waals surface area contributed by atoms with Crippen LogP contribution in [0.5, 0.6) is 0 Å². The molecular weight excluding hydrogens is 204 g/mol. The lowest BCUT2D eigenvalue weighted by Crippen LogP contribution is -2.28. The second-order valence-electron chi connectivity index (χ2n) is 5.74. The minimum absolute atomic E-state index is 0.208. The molecule has 0 heterocycles. The highest BCUT2D eigenvalue weighted by Gasteiger charge is 2.29. The average molecular weight is 226 g/mol. The van der Waals surface area contributed by atoms with Gasteiger partial charge in [-0.25, -0.2) is 0 Å². The lowest BCUT2D eigenvalue weighted by atomic mass is 9.70. The van der Waals surface area contributed by atoms with Crippen LogP contribution in [-0.4, -0.2) is 0 Å². The fraction of sp³-hybridized carbons (Fsp3) is 0.412. The second kappa shape index (κ2) is 4.52. The van der Waals surface area contributed by atoms with E-state index in [4.69, 9.17) is 0 Å². The predicted molar refractivity (Wildman–Crippen MR) is 75.2 cm³/mol. The summed E-state index contributed by atoms with van der Waals surface area (Å²) in [7, 11) is 0. The largest absolute Gasteiger partial charge is 0.0810 e. The Balaban J connectivity index is 2.28. The monoisotopic (exact) mass is 226 g/mol. The number of benzene rings is 1. The van der Waals surface area contributed by atoms with Crippen molar-refractivity contribution in [3.63, 3.8) is 0 Å². The molecule has 0 aliphatic heterocycles. The molecule has 1 aliphatic rings. The van der Waals surface area contributed by atoms with Crippen LogP contribution in [0.1, 0.15) is 38.3 Å². The molecule has 0 fully saturated rings. The molecule has 17 heavy (non-hydrogen) atoms. The fourth-order valence-corrected chi connectivity index (χ4v) is 2.52. The lowest BCUT2D eigenvalue weighted by molar-refractivity contribution is 0.381. The first-order chi connectivity index (χ1) is 8.00. The Kier molecular flexibility index (Phi) is 3.24. The highest BCUT2D eigenvalue weighted by molar-refractivity contribution is 5.33. The van der Waals surface area contributed by atoms with Crippen molar-refractivity contribution in [2.24, 2.45) is 5.92 Å². The van der Waals surface area contributed by atoms with Gasteiger partial charge >= 0.3 is 0 Å². The summed E-state index contributed by atoms with van der Waals surface area (Å²) >= 11 is 0. The smallest absolute Gasteiger partial charge is 0.00377 e. The molecule has 0 saturated carbocycles. The summed E-state index contributed by atoms with van der Waals surface area (Å²) in [5.74, 6) is 0.605. The molecule has 90 valence electrons. The third kappa shape index (κ3) is 2.52. The van der Waals surface area contributed by atoms with Crippen LogP contribution in [0.25, 0.3) is 0 Å². The van der Waals surface area contributed by atoms with Crippen LogP contribution in [0.15, 0.2) is 48.1 Å². The molecule has 0 bridgehead atoms. The highest BCUT2D eigenvalue weighted by Crippen LogP contribution is 2.37. The summed E-state index contributed by atoms with van der Waals surface area (Å²) in [6, 6.07) is 8.91. The molecule has 0 saturated heterocycles. The molecule has 0 radical (unpaired) electrons. The molecule has 1 aromatic rings. The normalized spacial score (nSPS) is 20.2. The van der Waals surface area contributed by atoms with Crippen LogP contribution >= 0.6 is 0 Å². The average Bonchev–Trinajstić information content (AvgIpc) is 2.29. The lowest BCUT2D eigenvalue weighted by Gasteiger charge is -2.34. The summed E-state index contributed by atoms with van der Waals surface area (Å²) in [6.07, 6.45) is 8.13. The van der Waals surface area contributed by atoms with Crippen molar-refractivity contribution in [3.05, 3.63) is 59.2 Å². The first kappa shape index (κ1) is 12.2. The van der Waals surface area contributed by atoms with E-state index in [2.05, 4.69) is 70.2 Å². The Hall–Kier alpha value is -1.30. The van der Waals surface area contributed by atoms with Crippen molar-refractivity contribution in [3.8, 4) is 0 Å². The predicted octanol–water partition coefficient (Wildman–Crippen LogP) is 4.80. The molecule has 0 spiro atoms. The summed E-state index contributed by atoms with van der Waals surface area (Å²) in [5, 5.41) is 0. The SMILES string of the molecule is CC1=CCC(C(C)(C)c2cccc(C)c2)C=C1. The maximum absolute atomic E-state index is 2.37. The van der Waals surface area contributed by atoms with Gasteiger partial charge in [-0.3, -0.25) is 0 Å². The van der Waals surface area contributed by atoms with E-state index in [1.165, 1.54) is 16.7 Å². The van der Waals surface area contributed by atoms with Gasteiger partial charge in [-0.2, -0.15) is 0 Å². The molecule has 1 atom stereocenters. The summed E-state index contributed by atoms with van der Waals surface area (Å²) in [6.45, 7) is 9.04. The van der Waals surface area contributed by atoms with E-state index in [0.29, 0.717) is 5.92 Å². The van der Waals surface area contributed by atoms with E-state index in [0.717, 1.165) is 6.42 Å². The van der Waals surface area contributed by atoms with Crippen molar-refractivity contribution >= 4 is 0 Å². The van der Waals surface area contributed by atoms with Gasteiger partial charge in [0, 0.05) is 0 Å². The molecule has 1 unspecified atom stereocenters. The Morgan fingerprint density at radius 2 is 1.94 bits per heavy atom. The van der Waals surface area contributed by atoms with Gasteiger partial charge in [0.2, 0.25) is 0 Å². The van der Waals surface area contributed by atoms with Gasteiger partial charge in [0.25, 0.3) is 0 Å². The van der Waals surface area contributed by atoms with Gasteiger partial charge in [0.05, 0.1) is 0 Å². The minimum Gasteiger partial charge on any atom is -0.0810 e. The topological polar surface area (TPSA) is 0 Å². The Bertz CT molecular complexity index is 461. The van der Waals surface area contributed by atoms with Crippen molar-refractivity contribution in [1.82, 2.24) is 0 Å². The molecule has 0 amide bonds. The second-order valence-corrected chi connectivity index (χ2v) is 5.74. The standard InChI is InChI=1S/C17H22/c1-13-8-10-15(11-9-13)17(3,4)16-7-5-6-14(2)12-16/h5-10,12,15H,11H2,1-4H3. The molecule has 0 nitrogen and oxygen atoms in total. The third-order valence-corrected chi connectivity index (χ3v) is 3.97. The molecule has 1 aliphatic carbocycles. The van der Waals surface area contributed by atoms with E-state index >= 15 is 0 Å². The van der Waals surface area contributed by atoms with E-state index in [1.54, 1.807) is 0 Å². The first-order valence-corrected chi connectivity index (χ1v) is 6.42. The minimum atomic E-state index is 0.208. The van der Waals surface area contributed by atoms with Gasteiger partial charge in [-0.1, -0.05) is 67.5 Å². The molecule has 0 aromatic heterocycles. The number of hydrogen-bond donors (Lipinski definition) is 0. The van der Waals surface area contributed by atoms with Gasteiger partial charge < -0.3 is 0 Å². The molecule has 1 aromatic carbocycles. The van der Waals surface area contributed by atoms with Crippen LogP contribution in [0.2, 0.25) is 0 Å². The zero-order valence-corrected chi connectivity index (χ0v) is 11.3. The highest BCUT2D eigenvalue weighted by atomic mass is 14.3. The van der Waals surface area contributed by atoms with Crippen molar-refractivity contribution in [2.45, 2.75) is 39.5 Å². The Labute approximate surface area is 105 Å². The molecule has 2 rings (SSSR count).